The molecule has 2 rings (SSSR count). The van der Waals surface area contributed by atoms with E-state index in [0.717, 1.165) is 19.2 Å². The van der Waals surface area contributed by atoms with E-state index in [1.807, 2.05) is 6.92 Å². The molecule has 3 atom stereocenters. The van der Waals surface area contributed by atoms with E-state index >= 15 is 0 Å². The van der Waals surface area contributed by atoms with Gasteiger partial charge in [-0.15, -0.1) is 0 Å². The Hall–Kier alpha value is -1.08. The summed E-state index contributed by atoms with van der Waals surface area (Å²) < 4.78 is 10.8. The molecule has 0 spiro atoms. The van der Waals surface area contributed by atoms with Crippen molar-refractivity contribution in [1.82, 2.24) is 4.90 Å². The average Bonchev–Trinajstić information content (AvgIpc) is 2.80. The van der Waals surface area contributed by atoms with E-state index in [2.05, 4.69) is 0 Å². The second-order valence-corrected chi connectivity index (χ2v) is 5.65. The fourth-order valence-corrected chi connectivity index (χ4v) is 3.02. The van der Waals surface area contributed by atoms with Crippen molar-refractivity contribution in [3.63, 3.8) is 0 Å². The first-order valence-electron chi connectivity index (χ1n) is 7.39. The molecule has 6 nitrogen and oxygen atoms in total. The van der Waals surface area contributed by atoms with Gasteiger partial charge in [0.2, 0.25) is 5.91 Å². The first-order chi connectivity index (χ1) is 9.52. The topological polar surface area (TPSA) is 81.9 Å². The summed E-state index contributed by atoms with van der Waals surface area (Å²) in [5.41, 5.74) is 5.64. The second kappa shape index (κ2) is 6.58. The summed E-state index contributed by atoms with van der Waals surface area (Å²) in [6.45, 7) is 5.11. The number of nitrogens with zero attached hydrogens (tertiary/aromatic N) is 1. The standard InChI is InChI=1S/C13H23BN2O4/c1-3-19-14-6-4-5-10-7-16(12(17)9(2)15)8-11(10)13(18)20-14/h9-11H,3-8,15H2,1-2H3/t9-,10?,11+/m0/s1. The lowest BCUT2D eigenvalue weighted by Crippen LogP contribution is -2.41. The van der Waals surface area contributed by atoms with Crippen molar-refractivity contribution < 1.29 is 18.9 Å². The Morgan fingerprint density at radius 3 is 3.00 bits per heavy atom. The lowest BCUT2D eigenvalue weighted by atomic mass is 9.77. The third-order valence-electron chi connectivity index (χ3n) is 4.06. The van der Waals surface area contributed by atoms with Crippen molar-refractivity contribution in [2.24, 2.45) is 17.6 Å². The number of fused-ring (bicyclic) bond motifs is 1. The van der Waals surface area contributed by atoms with Crippen LogP contribution >= 0.6 is 0 Å². The SMILES string of the molecule is CCOB1CCCC2CN(C(=O)[C@H](C)N)C[C@H]2C(=O)O1. The van der Waals surface area contributed by atoms with Crippen LogP contribution in [0.3, 0.4) is 0 Å². The number of hydrogen-bond acceptors (Lipinski definition) is 5. The van der Waals surface area contributed by atoms with Gasteiger partial charge in [-0.1, -0.05) is 6.42 Å². The predicted molar refractivity (Wildman–Crippen MR) is 74.7 cm³/mol. The molecule has 0 aromatic carbocycles. The summed E-state index contributed by atoms with van der Waals surface area (Å²) in [6.07, 6.45) is 2.59. The maximum absolute atomic E-state index is 12.2. The zero-order valence-electron chi connectivity index (χ0n) is 12.2. The van der Waals surface area contributed by atoms with Gasteiger partial charge in [0.1, 0.15) is 0 Å². The third kappa shape index (κ3) is 3.33. The Morgan fingerprint density at radius 1 is 1.60 bits per heavy atom. The highest BCUT2D eigenvalue weighted by Crippen LogP contribution is 2.32. The summed E-state index contributed by atoms with van der Waals surface area (Å²) in [5, 5.41) is 0. The second-order valence-electron chi connectivity index (χ2n) is 5.65. The number of carbonyl (C=O) groups excluding carboxylic acids is 2. The van der Waals surface area contributed by atoms with Gasteiger partial charge in [0.05, 0.1) is 12.0 Å². The van der Waals surface area contributed by atoms with Crippen molar-refractivity contribution in [2.45, 2.75) is 39.1 Å². The predicted octanol–water partition coefficient (Wildman–Crippen LogP) is 0.270. The van der Waals surface area contributed by atoms with E-state index in [1.165, 1.54) is 0 Å². The van der Waals surface area contributed by atoms with Crippen molar-refractivity contribution in [3.05, 3.63) is 0 Å². The van der Waals surface area contributed by atoms with Crippen LogP contribution in [0.5, 0.6) is 0 Å². The fraction of sp³-hybridized carbons (Fsp3) is 0.846. The molecule has 0 aliphatic carbocycles. The van der Waals surface area contributed by atoms with Crippen molar-refractivity contribution in [3.8, 4) is 0 Å². The van der Waals surface area contributed by atoms with Gasteiger partial charge in [-0.25, -0.2) is 0 Å². The number of nitrogens with two attached hydrogens (primary N) is 1. The van der Waals surface area contributed by atoms with Crippen LogP contribution in [0, 0.1) is 11.8 Å². The van der Waals surface area contributed by atoms with Crippen molar-refractivity contribution in [2.75, 3.05) is 19.7 Å². The average molecular weight is 282 g/mol. The molecule has 0 radical (unpaired) electrons. The maximum atomic E-state index is 12.2. The molecule has 2 fully saturated rings. The third-order valence-corrected chi connectivity index (χ3v) is 4.06. The number of carbonyl (C=O) groups is 2. The summed E-state index contributed by atoms with van der Waals surface area (Å²) in [7, 11) is -0.438. The van der Waals surface area contributed by atoms with E-state index in [1.54, 1.807) is 11.8 Å². The van der Waals surface area contributed by atoms with Crippen LogP contribution in [-0.2, 0) is 18.9 Å². The molecule has 2 aliphatic rings. The molecule has 0 bridgehead atoms. The minimum Gasteiger partial charge on any atom is -0.509 e. The largest absolute Gasteiger partial charge is 0.527 e. The lowest BCUT2D eigenvalue weighted by molar-refractivity contribution is -0.142. The normalized spacial score (nSPS) is 28.4. The molecular formula is C13H23BN2O4. The Balaban J connectivity index is 2.02. The first-order valence-corrected chi connectivity index (χ1v) is 7.39. The lowest BCUT2D eigenvalue weighted by Gasteiger charge is -2.23. The van der Waals surface area contributed by atoms with Crippen LogP contribution in [0.4, 0.5) is 0 Å². The Bertz CT molecular complexity index is 377. The van der Waals surface area contributed by atoms with Crippen LogP contribution in [-0.4, -0.2) is 49.6 Å². The van der Waals surface area contributed by atoms with Crippen LogP contribution in [0.2, 0.25) is 6.32 Å². The number of hydrogen-bond donors (Lipinski definition) is 1. The van der Waals surface area contributed by atoms with Crippen molar-refractivity contribution in [1.29, 1.82) is 0 Å². The molecule has 112 valence electrons. The number of rotatable bonds is 3. The van der Waals surface area contributed by atoms with Crippen LogP contribution in [0.25, 0.3) is 0 Å². The maximum Gasteiger partial charge on any atom is 0.527 e. The molecule has 0 aromatic rings. The van der Waals surface area contributed by atoms with E-state index in [0.29, 0.717) is 19.7 Å². The van der Waals surface area contributed by atoms with Gasteiger partial charge < -0.3 is 19.9 Å². The minimum atomic E-state index is -0.522. The molecule has 0 aromatic heterocycles. The summed E-state index contributed by atoms with van der Waals surface area (Å²) in [5.74, 6) is -0.382. The highest BCUT2D eigenvalue weighted by Gasteiger charge is 2.43. The molecule has 2 N–H and O–H groups in total. The van der Waals surface area contributed by atoms with Gasteiger partial charge in [-0.05, 0) is 32.5 Å². The fourth-order valence-electron chi connectivity index (χ4n) is 3.02. The van der Waals surface area contributed by atoms with Crippen molar-refractivity contribution >= 4 is 19.0 Å². The Morgan fingerprint density at radius 2 is 2.35 bits per heavy atom. The molecule has 0 saturated carbocycles. The zero-order valence-corrected chi connectivity index (χ0v) is 12.2. The highest BCUT2D eigenvalue weighted by molar-refractivity contribution is 6.46. The first kappa shape index (κ1) is 15.3. The van der Waals surface area contributed by atoms with Gasteiger partial charge in [0.15, 0.2) is 0 Å². The monoisotopic (exact) mass is 282 g/mol. The van der Waals surface area contributed by atoms with Crippen LogP contribution in [0.15, 0.2) is 0 Å². The summed E-state index contributed by atoms with van der Waals surface area (Å²) in [4.78, 5) is 25.9. The molecule has 1 amide bonds. The number of amides is 1. The zero-order chi connectivity index (χ0) is 14.7. The Labute approximate surface area is 120 Å². The molecule has 20 heavy (non-hydrogen) atoms. The van der Waals surface area contributed by atoms with E-state index < -0.39 is 13.2 Å². The minimum absolute atomic E-state index is 0.0918. The quantitative estimate of drug-likeness (QED) is 0.751. The molecule has 2 aliphatic heterocycles. The van der Waals surface area contributed by atoms with E-state index in [9.17, 15) is 9.59 Å². The van der Waals surface area contributed by atoms with Gasteiger partial charge in [-0.3, -0.25) is 9.59 Å². The number of likely N-dealkylation sites (tertiary alicyclic amines) is 1. The van der Waals surface area contributed by atoms with E-state index in [4.69, 9.17) is 15.0 Å². The van der Waals surface area contributed by atoms with Crippen LogP contribution in [0.1, 0.15) is 26.7 Å². The van der Waals surface area contributed by atoms with Gasteiger partial charge >= 0.3 is 7.12 Å². The summed E-state index contributed by atoms with van der Waals surface area (Å²) >= 11 is 0. The highest BCUT2D eigenvalue weighted by atomic mass is 16.6. The van der Waals surface area contributed by atoms with Gasteiger partial charge in [-0.2, -0.15) is 0 Å². The van der Waals surface area contributed by atoms with Crippen LogP contribution < -0.4 is 5.73 Å². The Kier molecular flexibility index (Phi) is 5.04. The smallest absolute Gasteiger partial charge is 0.509 e. The molecular weight excluding hydrogens is 259 g/mol. The molecule has 2 heterocycles. The summed E-state index contributed by atoms with van der Waals surface area (Å²) in [6, 6.07) is -0.522. The van der Waals surface area contributed by atoms with Gasteiger partial charge in [0, 0.05) is 19.7 Å². The van der Waals surface area contributed by atoms with Gasteiger partial charge in [0.25, 0.3) is 5.97 Å². The molecule has 7 heteroatoms. The molecule has 1 unspecified atom stereocenters. The molecule has 2 saturated heterocycles. The van der Waals surface area contributed by atoms with E-state index in [-0.39, 0.29) is 23.7 Å².